The second-order valence-corrected chi connectivity index (χ2v) is 3.79. The first-order valence-electron chi connectivity index (χ1n) is 5.38. The van der Waals surface area contributed by atoms with Crippen molar-refractivity contribution >= 4 is 5.97 Å². The Balaban J connectivity index is 2.32. The minimum absolute atomic E-state index is 0.00468. The van der Waals surface area contributed by atoms with Crippen molar-refractivity contribution in [3.05, 3.63) is 0 Å². The normalized spacial score (nSPS) is 22.9. The van der Waals surface area contributed by atoms with Gasteiger partial charge in [0, 0.05) is 19.2 Å². The molecule has 0 bridgehead atoms. The summed E-state index contributed by atoms with van der Waals surface area (Å²) in [5.74, 6) is -0.780. The van der Waals surface area contributed by atoms with Gasteiger partial charge in [0.25, 0.3) is 0 Å². The van der Waals surface area contributed by atoms with Crippen LogP contribution >= 0.6 is 0 Å². The van der Waals surface area contributed by atoms with Crippen molar-refractivity contribution in [1.82, 2.24) is 4.90 Å². The smallest absolute Gasteiger partial charge is 0.305 e. The third-order valence-electron chi connectivity index (χ3n) is 2.61. The average Bonchev–Trinajstić information content (AvgIpc) is 2.20. The number of aliphatic hydroxyl groups is 1. The number of carboxylic acids is 1. The molecule has 2 N–H and O–H groups in total. The Bertz CT molecular complexity index is 198. The monoisotopic (exact) mass is 217 g/mol. The second kappa shape index (κ2) is 6.76. The molecule has 5 nitrogen and oxygen atoms in total. The highest BCUT2D eigenvalue weighted by Gasteiger charge is 2.24. The molecule has 1 heterocycles. The molecule has 5 heteroatoms. The molecule has 1 aliphatic heterocycles. The van der Waals surface area contributed by atoms with Crippen LogP contribution in [-0.4, -0.2) is 60.0 Å². The Hall–Kier alpha value is -0.650. The van der Waals surface area contributed by atoms with Gasteiger partial charge in [-0.25, -0.2) is 0 Å². The van der Waals surface area contributed by atoms with Gasteiger partial charge < -0.3 is 14.9 Å². The molecule has 15 heavy (non-hydrogen) atoms. The number of carbonyl (C=O) groups is 1. The zero-order valence-electron chi connectivity index (χ0n) is 8.89. The number of hydrogen-bond donors (Lipinski definition) is 2. The van der Waals surface area contributed by atoms with Gasteiger partial charge in [-0.2, -0.15) is 0 Å². The number of unbranched alkanes of at least 4 members (excludes halogenated alkanes) is 1. The summed E-state index contributed by atoms with van der Waals surface area (Å²) in [5.41, 5.74) is 0. The highest BCUT2D eigenvalue weighted by molar-refractivity contribution is 5.67. The predicted octanol–water partition coefficient (Wildman–Crippen LogP) is -0.0656. The van der Waals surface area contributed by atoms with E-state index in [4.69, 9.17) is 14.9 Å². The van der Waals surface area contributed by atoms with Crippen molar-refractivity contribution < 1.29 is 19.7 Å². The first-order chi connectivity index (χ1) is 7.24. The number of nitrogens with zero attached hydrogens (tertiary/aromatic N) is 1. The average molecular weight is 217 g/mol. The fourth-order valence-corrected chi connectivity index (χ4v) is 1.80. The zero-order chi connectivity index (χ0) is 11.1. The third kappa shape index (κ3) is 4.59. The van der Waals surface area contributed by atoms with Crippen LogP contribution in [0.1, 0.15) is 19.3 Å². The van der Waals surface area contributed by atoms with Gasteiger partial charge in [-0.1, -0.05) is 0 Å². The summed E-state index contributed by atoms with van der Waals surface area (Å²) in [6.45, 7) is 3.03. The Kier molecular flexibility index (Phi) is 5.60. The zero-order valence-corrected chi connectivity index (χ0v) is 8.89. The van der Waals surface area contributed by atoms with E-state index in [1.54, 1.807) is 0 Å². The molecular formula is C10H19NO4. The van der Waals surface area contributed by atoms with E-state index in [0.29, 0.717) is 13.2 Å². The number of aliphatic carboxylic acids is 1. The van der Waals surface area contributed by atoms with Gasteiger partial charge >= 0.3 is 5.97 Å². The van der Waals surface area contributed by atoms with Crippen molar-refractivity contribution in [3.63, 3.8) is 0 Å². The van der Waals surface area contributed by atoms with Crippen LogP contribution < -0.4 is 0 Å². The van der Waals surface area contributed by atoms with Crippen LogP contribution in [-0.2, 0) is 9.53 Å². The van der Waals surface area contributed by atoms with E-state index in [-0.39, 0.29) is 19.1 Å². The quantitative estimate of drug-likeness (QED) is 0.610. The highest BCUT2D eigenvalue weighted by Crippen LogP contribution is 2.11. The maximum absolute atomic E-state index is 10.6. The standard InChI is InChI=1S/C10H19NO4/c12-5-2-1-3-11-4-6-15-8-9(11)7-10(13)14/h9,12H,1-8H2,(H,13,14). The van der Waals surface area contributed by atoms with Crippen LogP contribution in [0.4, 0.5) is 0 Å². The first-order valence-corrected chi connectivity index (χ1v) is 5.38. The largest absolute Gasteiger partial charge is 0.481 e. The van der Waals surface area contributed by atoms with Crippen LogP contribution in [0.3, 0.4) is 0 Å². The molecule has 1 saturated heterocycles. The topological polar surface area (TPSA) is 70.0 Å². The molecular weight excluding hydrogens is 198 g/mol. The molecule has 0 amide bonds. The van der Waals surface area contributed by atoms with Gasteiger partial charge in [0.15, 0.2) is 0 Å². The van der Waals surface area contributed by atoms with Gasteiger partial charge in [0.1, 0.15) is 0 Å². The van der Waals surface area contributed by atoms with Gasteiger partial charge in [-0.15, -0.1) is 0 Å². The lowest BCUT2D eigenvalue weighted by Crippen LogP contribution is -2.46. The van der Waals surface area contributed by atoms with E-state index in [0.717, 1.165) is 25.9 Å². The van der Waals surface area contributed by atoms with E-state index in [1.807, 2.05) is 0 Å². The molecule has 0 aromatic carbocycles. The van der Waals surface area contributed by atoms with Crippen LogP contribution in [0.25, 0.3) is 0 Å². The molecule has 1 unspecified atom stereocenters. The molecule has 0 spiro atoms. The van der Waals surface area contributed by atoms with Crippen molar-refractivity contribution in [2.24, 2.45) is 0 Å². The SMILES string of the molecule is O=C(O)CC1COCCN1CCCCO. The Morgan fingerprint density at radius 1 is 1.47 bits per heavy atom. The van der Waals surface area contributed by atoms with Crippen molar-refractivity contribution in [3.8, 4) is 0 Å². The minimum Gasteiger partial charge on any atom is -0.481 e. The summed E-state index contributed by atoms with van der Waals surface area (Å²) in [5, 5.41) is 17.4. The lowest BCUT2D eigenvalue weighted by atomic mass is 10.1. The Labute approximate surface area is 89.6 Å². The summed E-state index contributed by atoms with van der Waals surface area (Å²) in [4.78, 5) is 12.8. The Morgan fingerprint density at radius 2 is 2.27 bits per heavy atom. The molecule has 0 aliphatic carbocycles. The van der Waals surface area contributed by atoms with Crippen molar-refractivity contribution in [2.75, 3.05) is 32.9 Å². The van der Waals surface area contributed by atoms with Crippen molar-refractivity contribution in [1.29, 1.82) is 0 Å². The Morgan fingerprint density at radius 3 is 2.93 bits per heavy atom. The minimum atomic E-state index is -0.780. The maximum atomic E-state index is 10.6. The molecule has 0 radical (unpaired) electrons. The number of ether oxygens (including phenoxy) is 1. The number of carboxylic acid groups (broad SMARTS) is 1. The molecule has 88 valence electrons. The number of aliphatic hydroxyl groups excluding tert-OH is 1. The number of hydrogen-bond acceptors (Lipinski definition) is 4. The van der Waals surface area contributed by atoms with E-state index in [9.17, 15) is 4.79 Å². The summed E-state index contributed by atoms with van der Waals surface area (Å²) < 4.78 is 5.27. The molecule has 1 fully saturated rings. The van der Waals surface area contributed by atoms with Gasteiger partial charge in [0.05, 0.1) is 19.6 Å². The van der Waals surface area contributed by atoms with E-state index < -0.39 is 5.97 Å². The van der Waals surface area contributed by atoms with Gasteiger partial charge in [0.2, 0.25) is 0 Å². The van der Waals surface area contributed by atoms with Crippen LogP contribution in [0.2, 0.25) is 0 Å². The predicted molar refractivity (Wildman–Crippen MR) is 54.8 cm³/mol. The number of rotatable bonds is 6. The van der Waals surface area contributed by atoms with E-state index in [2.05, 4.69) is 4.90 Å². The van der Waals surface area contributed by atoms with E-state index >= 15 is 0 Å². The fourth-order valence-electron chi connectivity index (χ4n) is 1.80. The summed E-state index contributed by atoms with van der Waals surface area (Å²) in [7, 11) is 0. The molecule has 1 atom stereocenters. The number of morpholine rings is 1. The lowest BCUT2D eigenvalue weighted by Gasteiger charge is -2.34. The maximum Gasteiger partial charge on any atom is 0.305 e. The molecule has 0 saturated carbocycles. The third-order valence-corrected chi connectivity index (χ3v) is 2.61. The second-order valence-electron chi connectivity index (χ2n) is 3.79. The summed E-state index contributed by atoms with van der Waals surface area (Å²) in [6, 6.07) is -0.00468. The van der Waals surface area contributed by atoms with Crippen molar-refractivity contribution in [2.45, 2.75) is 25.3 Å². The van der Waals surface area contributed by atoms with Gasteiger partial charge in [-0.3, -0.25) is 9.69 Å². The van der Waals surface area contributed by atoms with Crippen LogP contribution in [0.15, 0.2) is 0 Å². The molecule has 1 rings (SSSR count). The summed E-state index contributed by atoms with van der Waals surface area (Å²) >= 11 is 0. The van der Waals surface area contributed by atoms with Gasteiger partial charge in [-0.05, 0) is 19.4 Å². The molecule has 1 aliphatic rings. The fraction of sp³-hybridized carbons (Fsp3) is 0.900. The summed E-state index contributed by atoms with van der Waals surface area (Å²) in [6.07, 6.45) is 1.82. The lowest BCUT2D eigenvalue weighted by molar-refractivity contribution is -0.140. The molecule has 0 aromatic heterocycles. The first kappa shape index (κ1) is 12.4. The van der Waals surface area contributed by atoms with Crippen LogP contribution in [0.5, 0.6) is 0 Å². The highest BCUT2D eigenvalue weighted by atomic mass is 16.5. The molecule has 0 aromatic rings. The van der Waals surface area contributed by atoms with E-state index in [1.165, 1.54) is 0 Å². The van der Waals surface area contributed by atoms with Crippen LogP contribution in [0, 0.1) is 0 Å².